The Morgan fingerprint density at radius 1 is 1.44 bits per heavy atom. The minimum Gasteiger partial charge on any atom is -0.310 e. The van der Waals surface area contributed by atoms with Crippen LogP contribution in [-0.2, 0) is 9.84 Å². The first-order valence-corrected chi connectivity index (χ1v) is 8.13. The van der Waals surface area contributed by atoms with Gasteiger partial charge in [0.05, 0.1) is 10.8 Å². The molecule has 0 fully saturated rings. The number of hydrogen-bond donors (Lipinski definition) is 1. The van der Waals surface area contributed by atoms with Crippen molar-refractivity contribution >= 4 is 21.4 Å². The average Bonchev–Trinajstić information content (AvgIpc) is 2.27. The van der Waals surface area contributed by atoms with E-state index in [1.165, 1.54) is 18.4 Å². The molecule has 0 aliphatic carbocycles. The van der Waals surface area contributed by atoms with E-state index in [1.54, 1.807) is 6.07 Å². The van der Waals surface area contributed by atoms with Crippen LogP contribution in [0.4, 0.5) is 4.39 Å². The van der Waals surface area contributed by atoms with Gasteiger partial charge in [0.2, 0.25) is 0 Å². The van der Waals surface area contributed by atoms with E-state index in [9.17, 15) is 12.8 Å². The van der Waals surface area contributed by atoms with E-state index < -0.39 is 15.7 Å². The Balaban J connectivity index is 2.86. The van der Waals surface area contributed by atoms with Gasteiger partial charge in [-0.1, -0.05) is 24.6 Å². The number of hydrogen-bond acceptors (Lipinski definition) is 3. The topological polar surface area (TPSA) is 46.2 Å². The van der Waals surface area contributed by atoms with Crippen LogP contribution in [0.2, 0.25) is 5.02 Å². The van der Waals surface area contributed by atoms with E-state index >= 15 is 0 Å². The fourth-order valence-corrected chi connectivity index (χ4v) is 2.55. The second-order valence-electron chi connectivity index (χ2n) is 4.20. The summed E-state index contributed by atoms with van der Waals surface area (Å²) in [6.45, 7) is 2.63. The first-order chi connectivity index (χ1) is 8.33. The van der Waals surface area contributed by atoms with Crippen LogP contribution in [-0.4, -0.2) is 27.0 Å². The van der Waals surface area contributed by atoms with E-state index in [1.807, 2.05) is 6.92 Å². The fourth-order valence-electron chi connectivity index (χ4n) is 1.69. The molecular weight excluding hydrogens is 277 g/mol. The van der Waals surface area contributed by atoms with Crippen LogP contribution in [0.5, 0.6) is 0 Å². The molecule has 1 unspecified atom stereocenters. The molecule has 0 saturated carbocycles. The molecule has 3 nitrogen and oxygen atoms in total. The molecule has 18 heavy (non-hydrogen) atoms. The van der Waals surface area contributed by atoms with Gasteiger partial charge in [0.15, 0.2) is 0 Å². The molecule has 0 radical (unpaired) electrons. The summed E-state index contributed by atoms with van der Waals surface area (Å²) < 4.78 is 35.4. The molecule has 102 valence electrons. The van der Waals surface area contributed by atoms with E-state index in [2.05, 4.69) is 5.32 Å². The molecule has 0 aliphatic heterocycles. The van der Waals surface area contributed by atoms with Gasteiger partial charge in [0.1, 0.15) is 15.7 Å². The quantitative estimate of drug-likeness (QED) is 0.877. The first kappa shape index (κ1) is 15.4. The van der Waals surface area contributed by atoms with Gasteiger partial charge in [-0.05, 0) is 30.7 Å². The molecule has 0 amide bonds. The van der Waals surface area contributed by atoms with E-state index in [0.29, 0.717) is 13.0 Å². The minimum atomic E-state index is -3.01. The zero-order chi connectivity index (χ0) is 13.8. The lowest BCUT2D eigenvalue weighted by Gasteiger charge is -2.18. The minimum absolute atomic E-state index is 0.0507. The smallest absolute Gasteiger partial charge is 0.147 e. The van der Waals surface area contributed by atoms with Gasteiger partial charge in [-0.15, -0.1) is 0 Å². The number of nitrogens with one attached hydrogen (secondary N) is 1. The number of benzene rings is 1. The molecule has 0 heterocycles. The Morgan fingerprint density at radius 2 is 2.11 bits per heavy atom. The highest BCUT2D eigenvalue weighted by atomic mass is 35.5. The summed E-state index contributed by atoms with van der Waals surface area (Å²) in [6.07, 6.45) is 1.64. The Morgan fingerprint density at radius 3 is 2.61 bits per heavy atom. The molecule has 0 bridgehead atoms. The fraction of sp³-hybridized carbons (Fsp3) is 0.500. The molecule has 1 N–H and O–H groups in total. The molecule has 1 aromatic carbocycles. The second-order valence-corrected chi connectivity index (χ2v) is 6.87. The van der Waals surface area contributed by atoms with Crippen LogP contribution in [0.3, 0.4) is 0 Å². The second kappa shape index (κ2) is 6.50. The first-order valence-electron chi connectivity index (χ1n) is 5.69. The lowest BCUT2D eigenvalue weighted by atomic mass is 10.0. The number of rotatable bonds is 6. The van der Waals surface area contributed by atoms with E-state index in [-0.39, 0.29) is 16.8 Å². The third-order valence-electron chi connectivity index (χ3n) is 2.57. The van der Waals surface area contributed by atoms with Gasteiger partial charge in [-0.25, -0.2) is 12.8 Å². The highest BCUT2D eigenvalue weighted by molar-refractivity contribution is 7.90. The standard InChI is InChI=1S/C12H17ClFNO2S/c1-3-15-12(6-7-18(2,16)17)9-4-5-11(14)10(13)8-9/h4-5,8,12,15H,3,6-7H2,1-2H3. The van der Waals surface area contributed by atoms with Gasteiger partial charge in [-0.2, -0.15) is 0 Å². The Labute approximate surface area is 112 Å². The Hall–Kier alpha value is -0.650. The molecule has 1 atom stereocenters. The highest BCUT2D eigenvalue weighted by Gasteiger charge is 2.14. The van der Waals surface area contributed by atoms with Crippen molar-refractivity contribution < 1.29 is 12.8 Å². The summed E-state index contributed by atoms with van der Waals surface area (Å²) in [6, 6.07) is 4.31. The molecule has 0 aliphatic rings. The average molecular weight is 294 g/mol. The van der Waals surface area contributed by atoms with Crippen molar-refractivity contribution in [3.63, 3.8) is 0 Å². The van der Waals surface area contributed by atoms with Crippen molar-refractivity contribution in [3.05, 3.63) is 34.6 Å². The van der Waals surface area contributed by atoms with Crippen molar-refractivity contribution in [2.45, 2.75) is 19.4 Å². The summed E-state index contributed by atoms with van der Waals surface area (Å²) in [5, 5.41) is 3.22. The third kappa shape index (κ3) is 4.92. The van der Waals surface area contributed by atoms with Gasteiger partial charge in [0, 0.05) is 12.3 Å². The zero-order valence-corrected chi connectivity index (χ0v) is 12.0. The van der Waals surface area contributed by atoms with Crippen molar-refractivity contribution in [2.24, 2.45) is 0 Å². The maximum atomic E-state index is 13.1. The lowest BCUT2D eigenvalue weighted by Crippen LogP contribution is -2.23. The number of sulfone groups is 1. The van der Waals surface area contributed by atoms with Crippen molar-refractivity contribution in [1.29, 1.82) is 0 Å². The molecule has 1 rings (SSSR count). The third-order valence-corrected chi connectivity index (χ3v) is 3.84. The van der Waals surface area contributed by atoms with Gasteiger partial charge >= 0.3 is 0 Å². The summed E-state index contributed by atoms with van der Waals surface area (Å²) in [7, 11) is -3.01. The van der Waals surface area contributed by atoms with Gasteiger partial charge < -0.3 is 5.32 Å². The van der Waals surface area contributed by atoms with Crippen molar-refractivity contribution in [3.8, 4) is 0 Å². The molecular formula is C12H17ClFNO2S. The predicted molar refractivity (Wildman–Crippen MR) is 72.2 cm³/mol. The number of halogens is 2. The van der Waals surface area contributed by atoms with Crippen LogP contribution in [0.15, 0.2) is 18.2 Å². The largest absolute Gasteiger partial charge is 0.310 e. The van der Waals surface area contributed by atoms with Crippen LogP contribution < -0.4 is 5.32 Å². The molecule has 6 heteroatoms. The van der Waals surface area contributed by atoms with Crippen molar-refractivity contribution in [2.75, 3.05) is 18.6 Å². The predicted octanol–water partition coefficient (Wildman–Crippen LogP) is 2.56. The molecule has 0 saturated heterocycles. The molecule has 0 aromatic heterocycles. The van der Waals surface area contributed by atoms with Crippen molar-refractivity contribution in [1.82, 2.24) is 5.32 Å². The summed E-state index contributed by atoms with van der Waals surface area (Å²) in [4.78, 5) is 0. The normalized spacial score (nSPS) is 13.6. The maximum Gasteiger partial charge on any atom is 0.147 e. The zero-order valence-electron chi connectivity index (χ0n) is 10.4. The summed E-state index contributed by atoms with van der Waals surface area (Å²) in [5.74, 6) is -0.390. The summed E-state index contributed by atoms with van der Waals surface area (Å²) >= 11 is 5.73. The Kier molecular flexibility index (Phi) is 5.56. The van der Waals surface area contributed by atoms with Crippen LogP contribution in [0.1, 0.15) is 24.9 Å². The van der Waals surface area contributed by atoms with Crippen LogP contribution >= 0.6 is 11.6 Å². The maximum absolute atomic E-state index is 13.1. The van der Waals surface area contributed by atoms with Gasteiger partial charge in [-0.3, -0.25) is 0 Å². The SMILES string of the molecule is CCNC(CCS(C)(=O)=O)c1ccc(F)c(Cl)c1. The highest BCUT2D eigenvalue weighted by Crippen LogP contribution is 2.23. The summed E-state index contributed by atoms with van der Waals surface area (Å²) in [5.41, 5.74) is 0.798. The van der Waals surface area contributed by atoms with Gasteiger partial charge in [0.25, 0.3) is 0 Å². The molecule has 0 spiro atoms. The van der Waals surface area contributed by atoms with Crippen LogP contribution in [0, 0.1) is 5.82 Å². The Bertz CT molecular complexity index is 505. The monoisotopic (exact) mass is 293 g/mol. The molecule has 1 aromatic rings. The van der Waals surface area contributed by atoms with E-state index in [4.69, 9.17) is 11.6 Å². The van der Waals surface area contributed by atoms with Crippen LogP contribution in [0.25, 0.3) is 0 Å². The van der Waals surface area contributed by atoms with E-state index in [0.717, 1.165) is 5.56 Å². The lowest BCUT2D eigenvalue weighted by molar-refractivity contribution is 0.528.